The molecule has 0 radical (unpaired) electrons. The van der Waals surface area contributed by atoms with Gasteiger partial charge in [-0.25, -0.2) is 4.39 Å². The number of aromatic nitrogens is 1. The van der Waals surface area contributed by atoms with Gasteiger partial charge < -0.3 is 10.5 Å². The fourth-order valence-electron chi connectivity index (χ4n) is 2.06. The van der Waals surface area contributed by atoms with Crippen molar-refractivity contribution < 1.29 is 9.13 Å². The second-order valence-electron chi connectivity index (χ2n) is 4.59. The summed E-state index contributed by atoms with van der Waals surface area (Å²) in [5.41, 5.74) is 8.03. The van der Waals surface area contributed by atoms with Gasteiger partial charge in [0.1, 0.15) is 5.75 Å². The third-order valence-electron chi connectivity index (χ3n) is 3.07. The lowest BCUT2D eigenvalue weighted by molar-refractivity contribution is 0.446. The lowest BCUT2D eigenvalue weighted by atomic mass is 10.1. The summed E-state index contributed by atoms with van der Waals surface area (Å²) in [5.74, 6) is 0.330. The van der Waals surface area contributed by atoms with Crippen LogP contribution in [0.15, 0.2) is 48.7 Å². The first kappa shape index (κ1) is 12.4. The molecule has 100 valence electrons. The van der Waals surface area contributed by atoms with Crippen molar-refractivity contribution in [1.29, 1.82) is 0 Å². The van der Waals surface area contributed by atoms with Crippen molar-refractivity contribution >= 4 is 16.6 Å². The van der Waals surface area contributed by atoms with E-state index in [9.17, 15) is 4.39 Å². The molecule has 4 heteroatoms. The monoisotopic (exact) mass is 268 g/mol. The Kier molecular flexibility index (Phi) is 2.99. The fourth-order valence-corrected chi connectivity index (χ4v) is 2.06. The number of rotatable bonds is 2. The molecule has 0 aliphatic rings. The molecule has 0 saturated carbocycles. The molecule has 3 aromatic rings. The normalized spacial score (nSPS) is 10.7. The third kappa shape index (κ3) is 2.16. The molecular formula is C16H13FN2O. The van der Waals surface area contributed by atoms with Crippen molar-refractivity contribution in [2.45, 2.75) is 6.92 Å². The van der Waals surface area contributed by atoms with Gasteiger partial charge in [0, 0.05) is 11.6 Å². The molecule has 0 amide bonds. The van der Waals surface area contributed by atoms with E-state index in [0.717, 1.165) is 10.9 Å². The van der Waals surface area contributed by atoms with E-state index in [-0.39, 0.29) is 5.75 Å². The number of pyridine rings is 1. The Bertz CT molecular complexity index is 787. The van der Waals surface area contributed by atoms with Gasteiger partial charge in [-0.15, -0.1) is 0 Å². The average Bonchev–Trinajstić information content (AvgIpc) is 2.46. The minimum Gasteiger partial charge on any atom is -0.454 e. The van der Waals surface area contributed by atoms with Gasteiger partial charge in [0.2, 0.25) is 0 Å². The van der Waals surface area contributed by atoms with Crippen molar-refractivity contribution in [2.24, 2.45) is 0 Å². The number of nitrogens with zero attached hydrogens (tertiary/aromatic N) is 1. The van der Waals surface area contributed by atoms with Crippen LogP contribution in [0.3, 0.4) is 0 Å². The summed E-state index contributed by atoms with van der Waals surface area (Å²) in [7, 11) is 0. The molecule has 2 N–H and O–H groups in total. The third-order valence-corrected chi connectivity index (χ3v) is 3.07. The Labute approximate surface area is 115 Å². The zero-order chi connectivity index (χ0) is 14.1. The number of nitrogen functional groups attached to an aromatic ring is 1. The van der Waals surface area contributed by atoms with Gasteiger partial charge >= 0.3 is 0 Å². The quantitative estimate of drug-likeness (QED) is 0.713. The number of hydrogen-bond acceptors (Lipinski definition) is 3. The van der Waals surface area contributed by atoms with Gasteiger partial charge in [-0.05, 0) is 48.9 Å². The van der Waals surface area contributed by atoms with Gasteiger partial charge in [-0.2, -0.15) is 0 Å². The molecule has 0 fully saturated rings. The van der Waals surface area contributed by atoms with Crippen molar-refractivity contribution in [3.63, 3.8) is 0 Å². The lowest BCUT2D eigenvalue weighted by Gasteiger charge is -2.11. The summed E-state index contributed by atoms with van der Waals surface area (Å²) < 4.78 is 19.5. The van der Waals surface area contributed by atoms with Crippen LogP contribution in [-0.2, 0) is 0 Å². The molecular weight excluding hydrogens is 255 g/mol. The highest BCUT2D eigenvalue weighted by Crippen LogP contribution is 2.33. The Morgan fingerprint density at radius 1 is 1.10 bits per heavy atom. The van der Waals surface area contributed by atoms with Gasteiger partial charge in [0.15, 0.2) is 11.6 Å². The van der Waals surface area contributed by atoms with Crippen LogP contribution in [0.4, 0.5) is 10.1 Å². The Morgan fingerprint density at radius 2 is 1.95 bits per heavy atom. The standard InChI is InChI=1S/C16H13FN2O/c1-10-4-5-12(17)15(9-10)20-14-7-6-13(18)16-11(14)3-2-8-19-16/h2-9H,18H2,1H3. The van der Waals surface area contributed by atoms with E-state index in [1.807, 2.05) is 13.0 Å². The number of ether oxygens (including phenoxy) is 1. The minimum atomic E-state index is -0.399. The van der Waals surface area contributed by atoms with Crippen molar-refractivity contribution in [3.8, 4) is 11.5 Å². The summed E-state index contributed by atoms with van der Waals surface area (Å²) in [4.78, 5) is 4.22. The molecule has 1 aromatic heterocycles. The van der Waals surface area contributed by atoms with Crippen LogP contribution in [0.5, 0.6) is 11.5 Å². The molecule has 3 nitrogen and oxygen atoms in total. The van der Waals surface area contributed by atoms with Gasteiger partial charge in [0.05, 0.1) is 11.2 Å². The van der Waals surface area contributed by atoms with E-state index in [1.54, 1.807) is 36.5 Å². The maximum Gasteiger partial charge on any atom is 0.165 e. The first-order valence-corrected chi connectivity index (χ1v) is 6.22. The molecule has 0 aliphatic carbocycles. The van der Waals surface area contributed by atoms with E-state index < -0.39 is 5.82 Å². The molecule has 1 heterocycles. The van der Waals surface area contributed by atoms with Crippen molar-refractivity contribution in [3.05, 3.63) is 60.0 Å². The van der Waals surface area contributed by atoms with Gasteiger partial charge in [0.25, 0.3) is 0 Å². The van der Waals surface area contributed by atoms with Crippen molar-refractivity contribution in [1.82, 2.24) is 4.98 Å². The molecule has 0 aliphatic heterocycles. The zero-order valence-electron chi connectivity index (χ0n) is 10.9. The maximum absolute atomic E-state index is 13.8. The lowest BCUT2D eigenvalue weighted by Crippen LogP contribution is -1.94. The molecule has 20 heavy (non-hydrogen) atoms. The van der Waals surface area contributed by atoms with Crippen LogP contribution >= 0.6 is 0 Å². The number of hydrogen-bond donors (Lipinski definition) is 1. The number of anilines is 1. The summed E-state index contributed by atoms with van der Waals surface area (Å²) >= 11 is 0. The Balaban J connectivity index is 2.11. The second-order valence-corrected chi connectivity index (χ2v) is 4.59. The summed E-state index contributed by atoms with van der Waals surface area (Å²) in [5, 5.41) is 0.758. The first-order chi connectivity index (χ1) is 9.65. The van der Waals surface area contributed by atoms with E-state index >= 15 is 0 Å². The summed E-state index contributed by atoms with van der Waals surface area (Å²) in [6.07, 6.45) is 1.66. The van der Waals surface area contributed by atoms with E-state index in [2.05, 4.69) is 4.98 Å². The molecule has 3 rings (SSSR count). The predicted octanol–water partition coefficient (Wildman–Crippen LogP) is 4.06. The summed E-state index contributed by atoms with van der Waals surface area (Å²) in [6, 6.07) is 11.8. The van der Waals surface area contributed by atoms with Gasteiger partial charge in [-0.1, -0.05) is 6.07 Å². The number of nitrogens with two attached hydrogens (primary N) is 1. The minimum absolute atomic E-state index is 0.194. The highest BCUT2D eigenvalue weighted by molar-refractivity contribution is 5.93. The number of fused-ring (bicyclic) bond motifs is 1. The number of halogens is 1. The highest BCUT2D eigenvalue weighted by Gasteiger charge is 2.10. The number of benzene rings is 2. The van der Waals surface area contributed by atoms with E-state index in [4.69, 9.17) is 10.5 Å². The highest BCUT2D eigenvalue weighted by atomic mass is 19.1. The Hall–Kier alpha value is -2.62. The van der Waals surface area contributed by atoms with E-state index in [0.29, 0.717) is 17.0 Å². The van der Waals surface area contributed by atoms with Crippen LogP contribution in [0.2, 0.25) is 0 Å². The smallest absolute Gasteiger partial charge is 0.165 e. The second kappa shape index (κ2) is 4.81. The molecule has 0 atom stereocenters. The van der Waals surface area contributed by atoms with Crippen LogP contribution in [0.1, 0.15) is 5.56 Å². The van der Waals surface area contributed by atoms with Crippen molar-refractivity contribution in [2.75, 3.05) is 5.73 Å². The fraction of sp³-hybridized carbons (Fsp3) is 0.0625. The van der Waals surface area contributed by atoms with Gasteiger partial charge in [-0.3, -0.25) is 4.98 Å². The molecule has 2 aromatic carbocycles. The molecule has 0 spiro atoms. The van der Waals surface area contributed by atoms with Crippen LogP contribution in [0.25, 0.3) is 10.9 Å². The predicted molar refractivity (Wildman–Crippen MR) is 77.4 cm³/mol. The van der Waals surface area contributed by atoms with E-state index in [1.165, 1.54) is 6.07 Å². The topological polar surface area (TPSA) is 48.1 Å². The largest absolute Gasteiger partial charge is 0.454 e. The molecule has 0 bridgehead atoms. The molecule has 0 saturated heterocycles. The Morgan fingerprint density at radius 3 is 2.80 bits per heavy atom. The SMILES string of the molecule is Cc1ccc(F)c(Oc2ccc(N)c3ncccc23)c1. The zero-order valence-corrected chi connectivity index (χ0v) is 10.9. The maximum atomic E-state index is 13.8. The van der Waals surface area contributed by atoms with Crippen LogP contribution in [-0.4, -0.2) is 4.98 Å². The average molecular weight is 268 g/mol. The summed E-state index contributed by atoms with van der Waals surface area (Å²) in [6.45, 7) is 1.88. The van der Waals surface area contributed by atoms with Crippen LogP contribution in [0, 0.1) is 12.7 Å². The molecule has 0 unspecified atom stereocenters. The first-order valence-electron chi connectivity index (χ1n) is 6.22. The van der Waals surface area contributed by atoms with Crippen LogP contribution < -0.4 is 10.5 Å². The number of aryl methyl sites for hydroxylation is 1.